The van der Waals surface area contributed by atoms with Crippen LogP contribution < -0.4 is 37.7 Å². The molecule has 0 aliphatic rings. The Morgan fingerprint density at radius 2 is 1.67 bits per heavy atom. The van der Waals surface area contributed by atoms with Crippen molar-refractivity contribution < 1.29 is 37.7 Å². The summed E-state index contributed by atoms with van der Waals surface area (Å²) in [5.41, 5.74) is 0. The molecule has 0 heterocycles. The molecule has 0 amide bonds. The minimum atomic E-state index is 0. The fraction of sp³-hybridized carbons (Fsp3) is 0.250. The maximum atomic E-state index is 3.43. The van der Waals surface area contributed by atoms with Crippen LogP contribution in [0, 0.1) is 13.0 Å². The van der Waals surface area contributed by atoms with E-state index in [-0.39, 0.29) is 37.7 Å². The van der Waals surface area contributed by atoms with E-state index in [0.29, 0.717) is 6.42 Å². The average Bonchev–Trinajstić information content (AvgIpc) is 1.37. The van der Waals surface area contributed by atoms with Crippen LogP contribution in [0.4, 0.5) is 0 Å². The second kappa shape index (κ2) is 16.8. The van der Waals surface area contributed by atoms with Gasteiger partial charge in [0.15, 0.2) is 0 Å². The first-order valence-corrected chi connectivity index (χ1v) is 1.21. The summed E-state index contributed by atoms with van der Waals surface area (Å²) < 4.78 is 0. The summed E-state index contributed by atoms with van der Waals surface area (Å²) in [5.74, 6) is 0. The minimum absolute atomic E-state index is 0. The van der Waals surface area contributed by atoms with E-state index in [0.717, 1.165) is 0 Å². The largest absolute Gasteiger partial charge is 1.00 e. The second-order valence-electron chi connectivity index (χ2n) is 0.500. The first-order valence-electron chi connectivity index (χ1n) is 1.21. The van der Waals surface area contributed by atoms with Crippen molar-refractivity contribution in [2.75, 3.05) is 0 Å². The van der Waals surface area contributed by atoms with E-state index in [9.17, 15) is 0 Å². The van der Waals surface area contributed by atoms with E-state index < -0.39 is 0 Å². The zero-order chi connectivity index (χ0) is 3.41. The molecule has 2 heteroatoms. The van der Waals surface area contributed by atoms with E-state index in [1.165, 1.54) is 0 Å². The molecule has 0 unspecified atom stereocenters. The van der Waals surface area contributed by atoms with Crippen molar-refractivity contribution in [3.05, 3.63) is 19.6 Å². The Bertz CT molecular complexity index is 19.5. The second-order valence-corrected chi connectivity index (χ2v) is 0.500. The first kappa shape index (κ1) is 15.8. The smallest absolute Gasteiger partial charge is 0.535 e. The molecule has 24 valence electrons. The maximum absolute atomic E-state index is 3.43. The molecule has 0 spiro atoms. The fourth-order valence-corrected chi connectivity index (χ4v) is 0. The van der Waals surface area contributed by atoms with Gasteiger partial charge in [-0.25, -0.2) is 0 Å². The third-order valence-electron chi connectivity index (χ3n) is 0.177. The monoisotopic (exact) mass is 68.1 g/mol. The van der Waals surface area contributed by atoms with Crippen molar-refractivity contribution in [2.45, 2.75) is 6.42 Å². The molecule has 0 atom stereocenters. The molecule has 0 aromatic carbocycles. The van der Waals surface area contributed by atoms with Crippen molar-refractivity contribution in [1.29, 1.82) is 0 Å². The molecule has 0 aliphatic carbocycles. The third-order valence-corrected chi connectivity index (χ3v) is 0.177. The predicted octanol–water partition coefficient (Wildman–Crippen LogP) is -4.79. The molecule has 0 saturated heterocycles. The van der Waals surface area contributed by atoms with E-state index >= 15 is 0 Å². The molecule has 0 N–H and O–H groups in total. The van der Waals surface area contributed by atoms with Crippen LogP contribution in [-0.4, -0.2) is 0 Å². The van der Waals surface area contributed by atoms with Gasteiger partial charge in [-0.3, -0.25) is 6.58 Å². The number of rotatable bonds is 1. The predicted molar refractivity (Wildman–Crippen MR) is 18.8 cm³/mol. The molecule has 0 radical (unpaired) electrons. The molecule has 0 rings (SSSR count). The van der Waals surface area contributed by atoms with Gasteiger partial charge in [-0.15, -0.1) is 0 Å². The normalized spacial score (nSPS) is 4.17. The molecule has 6 heavy (non-hydrogen) atoms. The zero-order valence-corrected chi connectivity index (χ0v) is 4.62. The summed E-state index contributed by atoms with van der Waals surface area (Å²) in [5, 5.41) is 0. The Hall–Kier alpha value is 0.935. The van der Waals surface area contributed by atoms with Gasteiger partial charge in [0.25, 0.3) is 0 Å². The van der Waals surface area contributed by atoms with E-state index in [2.05, 4.69) is 19.6 Å². The quantitative estimate of drug-likeness (QED) is 0.214. The van der Waals surface area contributed by atoms with Crippen LogP contribution in [0.5, 0.6) is 0 Å². The Morgan fingerprint density at radius 3 is 1.67 bits per heavy atom. The van der Waals surface area contributed by atoms with Crippen LogP contribution in [-0.2, 0) is 0 Å². The molecule has 0 bridgehead atoms. The number of hydrogen-bond acceptors (Lipinski definition) is 0. The van der Waals surface area contributed by atoms with E-state index in [1.54, 1.807) is 0 Å². The van der Waals surface area contributed by atoms with Crippen LogP contribution in [0.15, 0.2) is 6.58 Å². The van der Waals surface area contributed by atoms with Gasteiger partial charge in [0.2, 0.25) is 0 Å². The van der Waals surface area contributed by atoms with Gasteiger partial charge in [-0.05, 0) is 0 Å². The van der Waals surface area contributed by atoms with E-state index in [1.807, 2.05) is 0 Å². The first-order chi connectivity index (χ1) is 1.91. The van der Waals surface area contributed by atoms with Gasteiger partial charge in [-0.1, -0.05) is 0 Å². The van der Waals surface area contributed by atoms with Gasteiger partial charge >= 0.3 is 37.7 Å². The third kappa shape index (κ3) is 20.4. The van der Waals surface area contributed by atoms with Crippen LogP contribution in [0.1, 0.15) is 6.42 Å². The summed E-state index contributed by atoms with van der Waals surface area (Å²) in [6.45, 7) is 6.72. The standard InChI is InChI=1S/C4H6.2Li/c1-3-4-2;;/h1-3H2;;/q-2;2*+1. The van der Waals surface area contributed by atoms with Crippen LogP contribution in [0.3, 0.4) is 0 Å². The molecule has 0 aromatic rings. The van der Waals surface area contributed by atoms with Crippen LogP contribution in [0.2, 0.25) is 0 Å². The molecular weight excluding hydrogens is 61.9 g/mol. The summed E-state index contributed by atoms with van der Waals surface area (Å²) >= 11 is 0. The Balaban J connectivity index is -0.0000000450. The van der Waals surface area contributed by atoms with Crippen molar-refractivity contribution >= 4 is 0 Å². The summed E-state index contributed by atoms with van der Waals surface area (Å²) in [6, 6.07) is 0. The average molecular weight is 68.0 g/mol. The van der Waals surface area contributed by atoms with Gasteiger partial charge < -0.3 is 19.4 Å². The Kier molecular flexibility index (Phi) is 44.1. The number of hydrogen-bond donors (Lipinski definition) is 0. The van der Waals surface area contributed by atoms with Crippen molar-refractivity contribution in [3.8, 4) is 0 Å². The van der Waals surface area contributed by atoms with Crippen molar-refractivity contribution in [3.63, 3.8) is 0 Å². The number of allylic oxidation sites excluding steroid dienone is 1. The summed E-state index contributed by atoms with van der Waals surface area (Å²) in [7, 11) is 0. The van der Waals surface area contributed by atoms with Crippen molar-refractivity contribution in [1.82, 2.24) is 0 Å². The van der Waals surface area contributed by atoms with Gasteiger partial charge in [0, 0.05) is 0 Å². The fourth-order valence-electron chi connectivity index (χ4n) is 0. The Labute approximate surface area is 63.7 Å². The topological polar surface area (TPSA) is 0 Å². The minimum Gasteiger partial charge on any atom is -0.535 e. The van der Waals surface area contributed by atoms with Gasteiger partial charge in [-0.2, -0.15) is 0 Å². The molecule has 0 nitrogen and oxygen atoms in total. The Morgan fingerprint density at radius 1 is 1.50 bits per heavy atom. The molecule has 0 aliphatic heterocycles. The van der Waals surface area contributed by atoms with Crippen molar-refractivity contribution in [2.24, 2.45) is 0 Å². The van der Waals surface area contributed by atoms with Gasteiger partial charge in [0.05, 0.1) is 0 Å². The molecular formula is C4H6Li2. The van der Waals surface area contributed by atoms with Gasteiger partial charge in [0.1, 0.15) is 0 Å². The SMILES string of the molecule is C=[C-]C[CH2-].[Li+].[Li+]. The van der Waals surface area contributed by atoms with E-state index in [4.69, 9.17) is 0 Å². The maximum Gasteiger partial charge on any atom is 1.00 e. The van der Waals surface area contributed by atoms with Crippen LogP contribution in [0.25, 0.3) is 0 Å². The zero-order valence-electron chi connectivity index (χ0n) is 4.62. The molecule has 0 saturated carbocycles. The molecule has 0 aromatic heterocycles. The van der Waals surface area contributed by atoms with Crippen LogP contribution >= 0.6 is 0 Å². The summed E-state index contributed by atoms with van der Waals surface area (Å²) in [6.07, 6.45) is 3.28. The summed E-state index contributed by atoms with van der Waals surface area (Å²) in [4.78, 5) is 0. The molecule has 0 fully saturated rings.